The Morgan fingerprint density at radius 3 is 2.12 bits per heavy atom. The van der Waals surface area contributed by atoms with Gasteiger partial charge in [-0.05, 0) is 47.6 Å². The Balaban J connectivity index is 2.51. The van der Waals surface area contributed by atoms with Crippen LogP contribution in [0.25, 0.3) is 0 Å². The van der Waals surface area contributed by atoms with Gasteiger partial charge in [0.25, 0.3) is 0 Å². The maximum Gasteiger partial charge on any atom is 0.0538 e. The molecule has 1 rings (SSSR count). The quantitative estimate of drug-likeness (QED) is 0.690. The normalized spacial score (nSPS) is 20.2. The van der Waals surface area contributed by atoms with Gasteiger partial charge in [-0.25, -0.2) is 0 Å². The molecule has 0 saturated heterocycles. The number of ether oxygens (including phenoxy) is 1. The Morgan fingerprint density at radius 1 is 1.12 bits per heavy atom. The molecule has 2 heteroatoms. The number of hydrogen-bond acceptors (Lipinski definition) is 2. The summed E-state index contributed by atoms with van der Waals surface area (Å²) in [5, 5.41) is 0. The zero-order valence-corrected chi connectivity index (χ0v) is 11.8. The number of nitrogens with zero attached hydrogens (tertiary/aromatic N) is 1. The van der Waals surface area contributed by atoms with Gasteiger partial charge >= 0.3 is 0 Å². The zero-order chi connectivity index (χ0) is 12.2. The first-order valence-corrected chi connectivity index (χ1v) is 6.77. The summed E-state index contributed by atoms with van der Waals surface area (Å²) < 4.78 is 5.88. The zero-order valence-electron chi connectivity index (χ0n) is 11.8. The monoisotopic (exact) mass is 227 g/mol. The molecule has 16 heavy (non-hydrogen) atoms. The van der Waals surface area contributed by atoms with E-state index in [4.69, 9.17) is 4.74 Å². The van der Waals surface area contributed by atoms with Crippen molar-refractivity contribution in [3.8, 4) is 0 Å². The van der Waals surface area contributed by atoms with E-state index < -0.39 is 0 Å². The molecule has 96 valence electrons. The summed E-state index contributed by atoms with van der Waals surface area (Å²) in [6.07, 6.45) is 5.82. The van der Waals surface area contributed by atoms with Gasteiger partial charge < -0.3 is 9.64 Å². The van der Waals surface area contributed by atoms with Gasteiger partial charge in [0.1, 0.15) is 0 Å². The first-order valence-electron chi connectivity index (χ1n) is 6.77. The van der Waals surface area contributed by atoms with Crippen molar-refractivity contribution in [2.75, 3.05) is 20.2 Å². The van der Waals surface area contributed by atoms with Gasteiger partial charge in [0.05, 0.1) is 12.7 Å². The molecular weight excluding hydrogens is 198 g/mol. The van der Waals surface area contributed by atoms with Crippen molar-refractivity contribution in [3.63, 3.8) is 0 Å². The van der Waals surface area contributed by atoms with Crippen LogP contribution in [0.4, 0.5) is 0 Å². The lowest BCUT2D eigenvalue weighted by atomic mass is 9.86. The molecule has 0 bridgehead atoms. The van der Waals surface area contributed by atoms with Crippen molar-refractivity contribution in [1.29, 1.82) is 0 Å². The minimum atomic E-state index is 0.363. The van der Waals surface area contributed by atoms with Gasteiger partial charge in [-0.3, -0.25) is 0 Å². The Bertz CT molecular complexity index is 195. The molecule has 2 nitrogen and oxygen atoms in total. The van der Waals surface area contributed by atoms with Crippen LogP contribution in [0, 0.1) is 5.41 Å². The largest absolute Gasteiger partial charge is 0.378 e. The van der Waals surface area contributed by atoms with Crippen molar-refractivity contribution in [2.45, 2.75) is 65.5 Å². The van der Waals surface area contributed by atoms with E-state index in [1.165, 1.54) is 32.2 Å². The van der Waals surface area contributed by atoms with Crippen molar-refractivity contribution in [3.05, 3.63) is 0 Å². The van der Waals surface area contributed by atoms with Gasteiger partial charge in [0.2, 0.25) is 0 Å². The molecule has 0 unspecified atom stereocenters. The fraction of sp³-hybridized carbons (Fsp3) is 1.00. The third-order valence-electron chi connectivity index (χ3n) is 3.85. The molecular formula is C14H29NO. The Kier molecular flexibility index (Phi) is 5.26. The summed E-state index contributed by atoms with van der Waals surface area (Å²) in [7, 11) is 2.24. The molecule has 1 aliphatic carbocycles. The van der Waals surface area contributed by atoms with E-state index in [1.807, 2.05) is 0 Å². The lowest BCUT2D eigenvalue weighted by Crippen LogP contribution is -2.40. The molecule has 0 aromatic carbocycles. The van der Waals surface area contributed by atoms with Crippen LogP contribution in [0.1, 0.15) is 53.4 Å². The van der Waals surface area contributed by atoms with E-state index in [9.17, 15) is 0 Å². The summed E-state index contributed by atoms with van der Waals surface area (Å²) in [6.45, 7) is 10.9. The predicted octanol–water partition coefficient (Wildman–Crippen LogP) is 3.31. The molecule has 1 saturated carbocycles. The molecule has 1 fully saturated rings. The van der Waals surface area contributed by atoms with Crippen LogP contribution in [-0.2, 0) is 4.74 Å². The van der Waals surface area contributed by atoms with Crippen LogP contribution in [0.5, 0.6) is 0 Å². The lowest BCUT2D eigenvalue weighted by Gasteiger charge is -2.35. The molecule has 0 aliphatic heterocycles. The van der Waals surface area contributed by atoms with Crippen molar-refractivity contribution >= 4 is 0 Å². The van der Waals surface area contributed by atoms with Crippen LogP contribution in [0.2, 0.25) is 0 Å². The standard InChI is InChI=1S/C14H29NO/c1-12(2)15(5)10-14(8-6-7-9-14)11-16-13(3)4/h12-13H,6-11H2,1-5H3. The van der Waals surface area contributed by atoms with E-state index in [1.54, 1.807) is 0 Å². The van der Waals surface area contributed by atoms with E-state index in [0.29, 0.717) is 17.6 Å². The van der Waals surface area contributed by atoms with Crippen molar-refractivity contribution < 1.29 is 4.74 Å². The lowest BCUT2D eigenvalue weighted by molar-refractivity contribution is -0.00766. The second-order valence-corrected chi connectivity index (χ2v) is 6.08. The second kappa shape index (κ2) is 6.02. The van der Waals surface area contributed by atoms with Crippen LogP contribution in [0.15, 0.2) is 0 Å². The predicted molar refractivity (Wildman–Crippen MR) is 69.8 cm³/mol. The fourth-order valence-corrected chi connectivity index (χ4v) is 2.53. The van der Waals surface area contributed by atoms with Crippen molar-refractivity contribution in [1.82, 2.24) is 4.90 Å². The highest BCUT2D eigenvalue weighted by atomic mass is 16.5. The topological polar surface area (TPSA) is 12.5 Å². The van der Waals surface area contributed by atoms with Crippen LogP contribution >= 0.6 is 0 Å². The summed E-state index contributed by atoms with van der Waals surface area (Å²) in [5.41, 5.74) is 0.434. The third-order valence-corrected chi connectivity index (χ3v) is 3.85. The number of hydrogen-bond donors (Lipinski definition) is 0. The molecule has 0 spiro atoms. The van der Waals surface area contributed by atoms with Crippen LogP contribution in [0.3, 0.4) is 0 Å². The third kappa shape index (κ3) is 4.06. The summed E-state index contributed by atoms with van der Waals surface area (Å²) in [6, 6.07) is 0.636. The van der Waals surface area contributed by atoms with Gasteiger partial charge in [0.15, 0.2) is 0 Å². The van der Waals surface area contributed by atoms with Crippen LogP contribution in [-0.4, -0.2) is 37.2 Å². The number of rotatable bonds is 6. The first kappa shape index (κ1) is 14.0. The molecule has 0 atom stereocenters. The Morgan fingerprint density at radius 2 is 1.69 bits per heavy atom. The SMILES string of the molecule is CC(C)OCC1(CN(C)C(C)C)CCCC1. The molecule has 0 radical (unpaired) electrons. The highest BCUT2D eigenvalue weighted by Crippen LogP contribution is 2.39. The van der Waals surface area contributed by atoms with Gasteiger partial charge in [-0.1, -0.05) is 12.8 Å². The van der Waals surface area contributed by atoms with E-state index in [2.05, 4.69) is 39.6 Å². The van der Waals surface area contributed by atoms with E-state index in [0.717, 1.165) is 6.61 Å². The minimum absolute atomic E-state index is 0.363. The average molecular weight is 227 g/mol. The summed E-state index contributed by atoms with van der Waals surface area (Å²) >= 11 is 0. The smallest absolute Gasteiger partial charge is 0.0538 e. The first-order chi connectivity index (χ1) is 7.45. The van der Waals surface area contributed by atoms with E-state index in [-0.39, 0.29) is 0 Å². The molecule has 0 N–H and O–H groups in total. The molecule has 1 aliphatic rings. The molecule has 0 aromatic heterocycles. The maximum atomic E-state index is 5.88. The van der Waals surface area contributed by atoms with E-state index >= 15 is 0 Å². The van der Waals surface area contributed by atoms with Gasteiger partial charge in [-0.2, -0.15) is 0 Å². The minimum Gasteiger partial charge on any atom is -0.378 e. The highest BCUT2D eigenvalue weighted by Gasteiger charge is 2.35. The average Bonchev–Trinajstić information content (AvgIpc) is 2.64. The molecule has 0 aromatic rings. The maximum absolute atomic E-state index is 5.88. The highest BCUT2D eigenvalue weighted by molar-refractivity contribution is 4.87. The summed E-state index contributed by atoms with van der Waals surface area (Å²) in [4.78, 5) is 2.47. The fourth-order valence-electron chi connectivity index (χ4n) is 2.53. The van der Waals surface area contributed by atoms with Crippen molar-refractivity contribution in [2.24, 2.45) is 5.41 Å². The molecule has 0 heterocycles. The Labute approximate surface area is 101 Å². The molecule has 0 amide bonds. The summed E-state index contributed by atoms with van der Waals surface area (Å²) in [5.74, 6) is 0. The van der Waals surface area contributed by atoms with Gasteiger partial charge in [-0.15, -0.1) is 0 Å². The Hall–Kier alpha value is -0.0800. The van der Waals surface area contributed by atoms with Gasteiger partial charge in [0, 0.05) is 18.0 Å². The van der Waals surface area contributed by atoms with Crippen LogP contribution < -0.4 is 0 Å². The second-order valence-electron chi connectivity index (χ2n) is 6.08.